The molecule has 3 rings (SSSR count). The van der Waals surface area contributed by atoms with E-state index in [1.165, 1.54) is 0 Å². The van der Waals surface area contributed by atoms with Crippen LogP contribution in [0.3, 0.4) is 0 Å². The third kappa shape index (κ3) is 3.50. The van der Waals surface area contributed by atoms with Crippen molar-refractivity contribution in [2.45, 2.75) is 20.4 Å². The van der Waals surface area contributed by atoms with Crippen LogP contribution in [0.5, 0.6) is 0 Å². The molecule has 7 nitrogen and oxygen atoms in total. The van der Waals surface area contributed by atoms with Gasteiger partial charge in [-0.2, -0.15) is 5.26 Å². The van der Waals surface area contributed by atoms with Gasteiger partial charge in [-0.1, -0.05) is 23.7 Å². The Balaban J connectivity index is 1.79. The van der Waals surface area contributed by atoms with E-state index in [0.717, 1.165) is 0 Å². The van der Waals surface area contributed by atoms with Gasteiger partial charge in [-0.05, 0) is 25.1 Å². The van der Waals surface area contributed by atoms with E-state index in [4.69, 9.17) is 21.6 Å². The van der Waals surface area contributed by atoms with Crippen molar-refractivity contribution in [3.05, 3.63) is 40.7 Å². The van der Waals surface area contributed by atoms with Crippen LogP contribution in [0, 0.1) is 16.7 Å². The lowest BCUT2D eigenvalue weighted by Gasteiger charge is -2.37. The monoisotopic (exact) mass is 359 g/mol. The highest BCUT2D eigenvalue weighted by molar-refractivity contribution is 6.32. The summed E-state index contributed by atoms with van der Waals surface area (Å²) in [4.78, 5) is 14.3. The summed E-state index contributed by atoms with van der Waals surface area (Å²) in [6.07, 6.45) is 1.65. The third-order valence-electron chi connectivity index (χ3n) is 4.15. The minimum Gasteiger partial charge on any atom is -0.380 e. The summed E-state index contributed by atoms with van der Waals surface area (Å²) >= 11 is 6.08. The highest BCUT2D eigenvalue weighted by Gasteiger charge is 2.34. The van der Waals surface area contributed by atoms with Crippen LogP contribution >= 0.6 is 11.6 Å². The van der Waals surface area contributed by atoms with Crippen molar-refractivity contribution >= 4 is 23.2 Å². The minimum atomic E-state index is -0.260. The number of halogens is 1. The maximum absolute atomic E-state index is 12.8. The molecule has 8 heteroatoms. The molecular weight excluding hydrogens is 342 g/mol. The van der Waals surface area contributed by atoms with Gasteiger partial charge in [0.25, 0.3) is 5.91 Å². The van der Waals surface area contributed by atoms with Gasteiger partial charge >= 0.3 is 0 Å². The Morgan fingerprint density at radius 1 is 1.52 bits per heavy atom. The van der Waals surface area contributed by atoms with Crippen LogP contribution in [0.1, 0.15) is 29.9 Å². The van der Waals surface area contributed by atoms with Gasteiger partial charge in [-0.15, -0.1) is 5.10 Å². The van der Waals surface area contributed by atoms with E-state index < -0.39 is 0 Å². The fourth-order valence-corrected chi connectivity index (χ4v) is 2.97. The van der Waals surface area contributed by atoms with Gasteiger partial charge in [0.05, 0.1) is 36.5 Å². The fourth-order valence-electron chi connectivity index (χ4n) is 2.75. The molecule has 1 amide bonds. The molecule has 0 bridgehead atoms. The number of nitriles is 1. The summed E-state index contributed by atoms with van der Waals surface area (Å²) in [5.74, 6) is -0.260. The molecule has 0 aliphatic carbocycles. The first-order valence-electron chi connectivity index (χ1n) is 7.95. The van der Waals surface area contributed by atoms with Crippen molar-refractivity contribution in [3.63, 3.8) is 0 Å². The van der Waals surface area contributed by atoms with Crippen LogP contribution < -0.4 is 4.90 Å². The SMILES string of the molecule is CCN(C(=O)c1cn(CC2(C)COC2)nn1)c1ccc(C#N)c(Cl)c1. The van der Waals surface area contributed by atoms with Gasteiger partial charge in [-0.25, -0.2) is 0 Å². The van der Waals surface area contributed by atoms with Gasteiger partial charge in [0.15, 0.2) is 5.69 Å². The first kappa shape index (κ1) is 17.4. The second kappa shape index (κ2) is 6.82. The normalized spacial score (nSPS) is 15.3. The number of carbonyl (C=O) groups is 1. The second-order valence-corrected chi connectivity index (χ2v) is 6.84. The molecular formula is C17H18ClN5O2. The summed E-state index contributed by atoms with van der Waals surface area (Å²) in [5, 5.41) is 17.3. The van der Waals surface area contributed by atoms with Crippen molar-refractivity contribution in [3.8, 4) is 6.07 Å². The molecule has 130 valence electrons. The van der Waals surface area contributed by atoms with Crippen molar-refractivity contribution in [1.29, 1.82) is 5.26 Å². The highest BCUT2D eigenvalue weighted by Crippen LogP contribution is 2.28. The number of rotatable bonds is 5. The van der Waals surface area contributed by atoms with Crippen LogP contribution in [-0.2, 0) is 11.3 Å². The molecule has 1 aromatic heterocycles. The van der Waals surface area contributed by atoms with Crippen LogP contribution in [0.2, 0.25) is 5.02 Å². The number of amides is 1. The maximum Gasteiger partial charge on any atom is 0.280 e. The summed E-state index contributed by atoms with van der Waals surface area (Å²) in [7, 11) is 0. The molecule has 0 radical (unpaired) electrons. The van der Waals surface area contributed by atoms with Crippen molar-refractivity contribution in [2.24, 2.45) is 5.41 Å². The smallest absolute Gasteiger partial charge is 0.280 e. The predicted molar refractivity (Wildman–Crippen MR) is 92.5 cm³/mol. The maximum atomic E-state index is 12.8. The number of benzene rings is 1. The predicted octanol–water partition coefficient (Wildman–Crippen LogP) is 2.51. The first-order chi connectivity index (χ1) is 12.0. The summed E-state index contributed by atoms with van der Waals surface area (Å²) in [6, 6.07) is 6.91. The summed E-state index contributed by atoms with van der Waals surface area (Å²) in [6.45, 7) is 6.43. The number of hydrogen-bond donors (Lipinski definition) is 0. The van der Waals surface area contributed by atoms with E-state index in [1.54, 1.807) is 34.0 Å². The Labute approximate surface area is 150 Å². The van der Waals surface area contributed by atoms with E-state index in [2.05, 4.69) is 17.2 Å². The van der Waals surface area contributed by atoms with Crippen LogP contribution in [-0.4, -0.2) is 40.7 Å². The topological polar surface area (TPSA) is 84.0 Å². The third-order valence-corrected chi connectivity index (χ3v) is 4.46. The van der Waals surface area contributed by atoms with Crippen molar-refractivity contribution in [1.82, 2.24) is 15.0 Å². The molecule has 0 N–H and O–H groups in total. The van der Waals surface area contributed by atoms with Crippen LogP contribution in [0.4, 0.5) is 5.69 Å². The molecule has 0 saturated carbocycles. The van der Waals surface area contributed by atoms with Gasteiger partial charge in [-0.3, -0.25) is 9.48 Å². The van der Waals surface area contributed by atoms with Gasteiger partial charge in [0.2, 0.25) is 0 Å². The molecule has 1 fully saturated rings. The van der Waals surface area contributed by atoms with Gasteiger partial charge in [0, 0.05) is 17.6 Å². The lowest BCUT2D eigenvalue weighted by molar-refractivity contribution is -0.111. The quantitative estimate of drug-likeness (QED) is 0.818. The van der Waals surface area contributed by atoms with Crippen LogP contribution in [0.25, 0.3) is 0 Å². The molecule has 1 saturated heterocycles. The largest absolute Gasteiger partial charge is 0.380 e. The molecule has 2 aromatic rings. The molecule has 25 heavy (non-hydrogen) atoms. The zero-order valence-corrected chi connectivity index (χ0v) is 14.8. The van der Waals surface area contributed by atoms with E-state index in [1.807, 2.05) is 13.0 Å². The van der Waals surface area contributed by atoms with Gasteiger partial charge < -0.3 is 9.64 Å². The van der Waals surface area contributed by atoms with E-state index in [9.17, 15) is 4.79 Å². The Morgan fingerprint density at radius 2 is 2.28 bits per heavy atom. The number of anilines is 1. The Bertz CT molecular complexity index is 838. The Kier molecular flexibility index (Phi) is 4.75. The Hall–Kier alpha value is -2.43. The minimum absolute atomic E-state index is 0.0408. The highest BCUT2D eigenvalue weighted by atomic mass is 35.5. The van der Waals surface area contributed by atoms with Gasteiger partial charge in [0.1, 0.15) is 6.07 Å². The van der Waals surface area contributed by atoms with E-state index in [-0.39, 0.29) is 17.0 Å². The Morgan fingerprint density at radius 3 is 2.84 bits per heavy atom. The number of carbonyl (C=O) groups excluding carboxylic acids is 1. The van der Waals surface area contributed by atoms with Crippen molar-refractivity contribution < 1.29 is 9.53 Å². The molecule has 0 atom stereocenters. The number of ether oxygens (including phenoxy) is 1. The van der Waals surface area contributed by atoms with Crippen LogP contribution in [0.15, 0.2) is 24.4 Å². The number of hydrogen-bond acceptors (Lipinski definition) is 5. The number of nitrogens with zero attached hydrogens (tertiary/aromatic N) is 5. The molecule has 0 unspecified atom stereocenters. The van der Waals surface area contributed by atoms with E-state index in [0.29, 0.717) is 42.6 Å². The first-order valence-corrected chi connectivity index (χ1v) is 8.33. The second-order valence-electron chi connectivity index (χ2n) is 6.43. The molecule has 1 aliphatic heterocycles. The molecule has 0 spiro atoms. The molecule has 2 heterocycles. The zero-order chi connectivity index (χ0) is 18.0. The average molecular weight is 360 g/mol. The average Bonchev–Trinajstić information content (AvgIpc) is 3.02. The number of aromatic nitrogens is 3. The molecule has 1 aromatic carbocycles. The summed E-state index contributed by atoms with van der Waals surface area (Å²) in [5.41, 5.74) is 1.30. The summed E-state index contributed by atoms with van der Waals surface area (Å²) < 4.78 is 6.91. The lowest BCUT2D eigenvalue weighted by atomic mass is 9.89. The lowest BCUT2D eigenvalue weighted by Crippen LogP contribution is -2.43. The zero-order valence-electron chi connectivity index (χ0n) is 14.1. The van der Waals surface area contributed by atoms with Crippen molar-refractivity contribution in [2.75, 3.05) is 24.7 Å². The molecule has 1 aliphatic rings. The van der Waals surface area contributed by atoms with E-state index >= 15 is 0 Å². The fraction of sp³-hybridized carbons (Fsp3) is 0.412. The standard InChI is InChI=1S/C17H18ClN5O2/c1-3-23(13-5-4-12(7-19)14(18)6-13)16(24)15-8-22(21-20-15)9-17(2)10-25-11-17/h4-6,8H,3,9-11H2,1-2H3.